The molecule has 0 atom stereocenters. The van der Waals surface area contributed by atoms with Crippen molar-refractivity contribution in [2.75, 3.05) is 17.2 Å². The molecule has 1 aliphatic rings. The van der Waals surface area contributed by atoms with Gasteiger partial charge in [-0.2, -0.15) is 0 Å². The van der Waals surface area contributed by atoms with Crippen LogP contribution in [0.25, 0.3) is 11.3 Å². The molecule has 28 heavy (non-hydrogen) atoms. The van der Waals surface area contributed by atoms with Crippen LogP contribution in [0, 0.1) is 6.92 Å². The van der Waals surface area contributed by atoms with Crippen molar-refractivity contribution >= 4 is 34.1 Å². The second-order valence-corrected chi connectivity index (χ2v) is 8.37. The van der Waals surface area contributed by atoms with Gasteiger partial charge in [0.25, 0.3) is 0 Å². The first kappa shape index (κ1) is 18.9. The molecule has 1 saturated carbocycles. The van der Waals surface area contributed by atoms with E-state index in [1.807, 2.05) is 42.6 Å². The number of aromatic nitrogens is 4. The largest absolute Gasteiger partial charge is 0.303 e. The van der Waals surface area contributed by atoms with Crippen LogP contribution < -0.4 is 4.90 Å². The van der Waals surface area contributed by atoms with Gasteiger partial charge in [-0.15, -0.1) is 28.1 Å². The number of thiazole rings is 1. The number of thioether (sulfide) groups is 1. The zero-order chi connectivity index (χ0) is 19.5. The predicted molar refractivity (Wildman–Crippen MR) is 114 cm³/mol. The summed E-state index contributed by atoms with van der Waals surface area (Å²) >= 11 is 2.91. The highest BCUT2D eigenvalue weighted by Crippen LogP contribution is 2.38. The molecule has 0 spiro atoms. The Morgan fingerprint density at radius 2 is 2.14 bits per heavy atom. The highest BCUT2D eigenvalue weighted by atomic mass is 32.2. The number of benzene rings is 1. The summed E-state index contributed by atoms with van der Waals surface area (Å²) in [4.78, 5) is 19.3. The SMILES string of the molecule is C=CCN(C(=O)CSc1nnc(C)n1C1CC1)c1nc(-c2ccccc2)cs1. The predicted octanol–water partition coefficient (Wildman–Crippen LogP) is 4.36. The number of anilines is 1. The van der Waals surface area contributed by atoms with Crippen LogP contribution in [0.5, 0.6) is 0 Å². The summed E-state index contributed by atoms with van der Waals surface area (Å²) in [6, 6.07) is 10.5. The minimum Gasteiger partial charge on any atom is -0.303 e. The number of rotatable bonds is 8. The summed E-state index contributed by atoms with van der Waals surface area (Å²) < 4.78 is 2.15. The maximum absolute atomic E-state index is 12.9. The molecule has 0 bridgehead atoms. The van der Waals surface area contributed by atoms with Gasteiger partial charge in [0.1, 0.15) is 5.82 Å². The van der Waals surface area contributed by atoms with E-state index in [1.54, 1.807) is 11.0 Å². The zero-order valence-electron chi connectivity index (χ0n) is 15.6. The van der Waals surface area contributed by atoms with Crippen molar-refractivity contribution < 1.29 is 4.79 Å². The van der Waals surface area contributed by atoms with Crippen molar-refractivity contribution in [1.29, 1.82) is 0 Å². The maximum Gasteiger partial charge on any atom is 0.239 e. The van der Waals surface area contributed by atoms with E-state index in [9.17, 15) is 4.79 Å². The number of hydrogen-bond donors (Lipinski definition) is 0. The smallest absolute Gasteiger partial charge is 0.239 e. The average molecular weight is 412 g/mol. The molecule has 2 heterocycles. The van der Waals surface area contributed by atoms with E-state index in [4.69, 9.17) is 0 Å². The van der Waals surface area contributed by atoms with E-state index in [1.165, 1.54) is 23.1 Å². The van der Waals surface area contributed by atoms with Crippen LogP contribution in [-0.2, 0) is 4.79 Å². The van der Waals surface area contributed by atoms with Crippen LogP contribution in [0.3, 0.4) is 0 Å². The van der Waals surface area contributed by atoms with Crippen molar-refractivity contribution in [3.8, 4) is 11.3 Å². The molecule has 1 aromatic carbocycles. The third-order valence-electron chi connectivity index (χ3n) is 4.48. The Hall–Kier alpha value is -2.45. The number of aryl methyl sites for hydroxylation is 1. The Labute approximate surface area is 172 Å². The highest BCUT2D eigenvalue weighted by Gasteiger charge is 2.29. The Kier molecular flexibility index (Phi) is 5.59. The first-order valence-corrected chi connectivity index (χ1v) is 11.0. The zero-order valence-corrected chi connectivity index (χ0v) is 17.2. The third-order valence-corrected chi connectivity index (χ3v) is 6.27. The van der Waals surface area contributed by atoms with Crippen molar-refractivity contribution in [1.82, 2.24) is 19.7 Å². The molecule has 0 N–H and O–H groups in total. The number of amides is 1. The summed E-state index contributed by atoms with van der Waals surface area (Å²) in [5, 5.41) is 11.9. The lowest BCUT2D eigenvalue weighted by atomic mass is 10.2. The molecule has 0 aliphatic heterocycles. The van der Waals surface area contributed by atoms with Crippen LogP contribution >= 0.6 is 23.1 Å². The van der Waals surface area contributed by atoms with Crippen LogP contribution in [0.1, 0.15) is 24.7 Å². The summed E-state index contributed by atoms with van der Waals surface area (Å²) in [5.41, 5.74) is 1.91. The van der Waals surface area contributed by atoms with Crippen molar-refractivity contribution in [2.45, 2.75) is 31.0 Å². The molecule has 8 heteroatoms. The second-order valence-electron chi connectivity index (χ2n) is 6.59. The molecule has 1 amide bonds. The van der Waals surface area contributed by atoms with Crippen LogP contribution in [0.4, 0.5) is 5.13 Å². The normalized spacial score (nSPS) is 13.5. The topological polar surface area (TPSA) is 63.9 Å². The molecule has 2 aromatic heterocycles. The Balaban J connectivity index is 1.48. The van der Waals surface area contributed by atoms with Crippen molar-refractivity contribution in [2.24, 2.45) is 0 Å². The fraction of sp³-hybridized carbons (Fsp3) is 0.300. The molecule has 0 radical (unpaired) electrons. The van der Waals surface area contributed by atoms with Gasteiger partial charge in [0.15, 0.2) is 10.3 Å². The number of carbonyl (C=O) groups is 1. The minimum atomic E-state index is -0.0122. The van der Waals surface area contributed by atoms with Gasteiger partial charge in [0.2, 0.25) is 5.91 Å². The van der Waals surface area contributed by atoms with Gasteiger partial charge < -0.3 is 4.57 Å². The van der Waals surface area contributed by atoms with E-state index < -0.39 is 0 Å². The standard InChI is InChI=1S/C20H21N5OS2/c1-3-11-24(19-21-17(12-27-19)15-7-5-4-6-8-15)18(26)13-28-20-23-22-14(2)25(20)16-9-10-16/h3-8,12,16H,1,9-11,13H2,2H3. The van der Waals surface area contributed by atoms with Crippen LogP contribution in [0.2, 0.25) is 0 Å². The molecule has 144 valence electrons. The summed E-state index contributed by atoms with van der Waals surface area (Å²) in [6.45, 7) is 6.18. The lowest BCUT2D eigenvalue weighted by molar-refractivity contribution is -0.116. The molecule has 6 nitrogen and oxygen atoms in total. The van der Waals surface area contributed by atoms with Crippen molar-refractivity contribution in [3.63, 3.8) is 0 Å². The second kappa shape index (κ2) is 8.28. The lowest BCUT2D eigenvalue weighted by Crippen LogP contribution is -2.32. The third kappa shape index (κ3) is 4.02. The Bertz CT molecular complexity index is 978. The highest BCUT2D eigenvalue weighted by molar-refractivity contribution is 7.99. The quantitative estimate of drug-likeness (QED) is 0.407. The van der Waals surface area contributed by atoms with E-state index in [-0.39, 0.29) is 5.91 Å². The fourth-order valence-corrected chi connectivity index (χ4v) is 4.74. The Morgan fingerprint density at radius 3 is 2.86 bits per heavy atom. The number of nitrogens with zero attached hydrogens (tertiary/aromatic N) is 5. The molecule has 0 unspecified atom stereocenters. The molecule has 1 fully saturated rings. The molecule has 0 saturated heterocycles. The van der Waals surface area contributed by atoms with Gasteiger partial charge in [-0.25, -0.2) is 4.98 Å². The van der Waals surface area contributed by atoms with Gasteiger partial charge in [0.05, 0.1) is 11.4 Å². The van der Waals surface area contributed by atoms with Gasteiger partial charge in [-0.1, -0.05) is 48.2 Å². The summed E-state index contributed by atoms with van der Waals surface area (Å²) in [7, 11) is 0. The minimum absolute atomic E-state index is 0.0122. The summed E-state index contributed by atoms with van der Waals surface area (Å²) in [5.74, 6) is 1.19. The Morgan fingerprint density at radius 1 is 1.36 bits per heavy atom. The van der Waals surface area contributed by atoms with E-state index >= 15 is 0 Å². The first-order valence-electron chi connectivity index (χ1n) is 9.14. The maximum atomic E-state index is 12.9. The van der Waals surface area contributed by atoms with Crippen molar-refractivity contribution in [3.05, 3.63) is 54.2 Å². The van der Waals surface area contributed by atoms with Crippen LogP contribution in [0.15, 0.2) is 53.5 Å². The molecular weight excluding hydrogens is 390 g/mol. The number of hydrogen-bond acceptors (Lipinski definition) is 6. The van der Waals surface area contributed by atoms with Crippen LogP contribution in [-0.4, -0.2) is 38.0 Å². The van der Waals surface area contributed by atoms with Gasteiger partial charge >= 0.3 is 0 Å². The van der Waals surface area contributed by atoms with E-state index in [0.717, 1.165) is 35.1 Å². The number of carbonyl (C=O) groups excluding carboxylic acids is 1. The molecule has 4 rings (SSSR count). The molecular formula is C20H21N5OS2. The average Bonchev–Trinajstić information content (AvgIpc) is 3.30. The summed E-state index contributed by atoms with van der Waals surface area (Å²) in [6.07, 6.45) is 4.04. The van der Waals surface area contributed by atoms with Gasteiger partial charge in [-0.05, 0) is 19.8 Å². The van der Waals surface area contributed by atoms with Gasteiger partial charge in [-0.3, -0.25) is 9.69 Å². The van der Waals surface area contributed by atoms with E-state index in [2.05, 4.69) is 26.3 Å². The molecule has 1 aliphatic carbocycles. The first-order chi connectivity index (χ1) is 13.7. The fourth-order valence-electron chi connectivity index (χ4n) is 2.95. The molecule has 3 aromatic rings. The monoisotopic (exact) mass is 411 g/mol. The van der Waals surface area contributed by atoms with Gasteiger partial charge in [0, 0.05) is 23.5 Å². The lowest BCUT2D eigenvalue weighted by Gasteiger charge is -2.17. The van der Waals surface area contributed by atoms with E-state index in [0.29, 0.717) is 23.5 Å².